The molecule has 104 valence electrons. The average molecular weight is 263 g/mol. The fourth-order valence-corrected chi connectivity index (χ4v) is 1.51. The molecule has 1 rings (SSSR count). The lowest BCUT2D eigenvalue weighted by atomic mass is 10.0. The van der Waals surface area contributed by atoms with Crippen molar-refractivity contribution in [2.75, 3.05) is 0 Å². The van der Waals surface area contributed by atoms with Crippen molar-refractivity contribution in [1.82, 2.24) is 5.32 Å². The van der Waals surface area contributed by atoms with E-state index in [1.807, 2.05) is 33.8 Å². The van der Waals surface area contributed by atoms with Gasteiger partial charge in [-0.05, 0) is 44.9 Å². The van der Waals surface area contributed by atoms with Gasteiger partial charge in [-0.15, -0.1) is 0 Å². The van der Waals surface area contributed by atoms with Gasteiger partial charge in [0.1, 0.15) is 11.4 Å². The van der Waals surface area contributed by atoms with Crippen LogP contribution < -0.4 is 11.1 Å². The maximum absolute atomic E-state index is 11.6. The normalized spacial score (nSPS) is 10.9. The monoisotopic (exact) mass is 263 g/mol. The van der Waals surface area contributed by atoms with Gasteiger partial charge >= 0.3 is 6.09 Å². The standard InChI is InChI=1S/C14H21N3O2/c1-9-5-6-10(12(15)16)7-11(9)8-17-13(18)19-14(2,3)4/h5-7H,8H2,1-4H3,(H3,15,16)(H,17,18). The summed E-state index contributed by atoms with van der Waals surface area (Å²) in [6.45, 7) is 7.73. The first-order valence-electron chi connectivity index (χ1n) is 6.10. The Morgan fingerprint density at radius 2 is 2.05 bits per heavy atom. The maximum atomic E-state index is 11.6. The van der Waals surface area contributed by atoms with Gasteiger partial charge in [0.05, 0.1) is 0 Å². The van der Waals surface area contributed by atoms with Crippen LogP contribution in [0.1, 0.15) is 37.5 Å². The molecule has 5 nitrogen and oxygen atoms in total. The minimum Gasteiger partial charge on any atom is -0.444 e. The highest BCUT2D eigenvalue weighted by Gasteiger charge is 2.16. The number of hydrogen-bond acceptors (Lipinski definition) is 3. The highest BCUT2D eigenvalue weighted by atomic mass is 16.6. The number of rotatable bonds is 3. The number of amidine groups is 1. The number of nitrogens with two attached hydrogens (primary N) is 1. The third kappa shape index (κ3) is 4.99. The SMILES string of the molecule is Cc1ccc(C(=N)N)cc1CNC(=O)OC(C)(C)C. The summed E-state index contributed by atoms with van der Waals surface area (Å²) >= 11 is 0. The number of alkyl carbamates (subject to hydrolysis) is 1. The number of aryl methyl sites for hydroxylation is 1. The molecule has 0 aliphatic rings. The Morgan fingerprint density at radius 1 is 1.42 bits per heavy atom. The van der Waals surface area contributed by atoms with Crippen LogP contribution in [0.5, 0.6) is 0 Å². The van der Waals surface area contributed by atoms with Crippen LogP contribution in [-0.4, -0.2) is 17.5 Å². The molecule has 0 aromatic heterocycles. The third-order valence-electron chi connectivity index (χ3n) is 2.48. The van der Waals surface area contributed by atoms with E-state index >= 15 is 0 Å². The van der Waals surface area contributed by atoms with E-state index in [1.54, 1.807) is 12.1 Å². The summed E-state index contributed by atoms with van der Waals surface area (Å²) in [5.74, 6) is 0.0125. The predicted octanol–water partition coefficient (Wildman–Crippen LogP) is 2.30. The highest BCUT2D eigenvalue weighted by Crippen LogP contribution is 2.12. The summed E-state index contributed by atoms with van der Waals surface area (Å²) in [7, 11) is 0. The van der Waals surface area contributed by atoms with Crippen LogP contribution in [0.15, 0.2) is 18.2 Å². The molecule has 1 aromatic carbocycles. The van der Waals surface area contributed by atoms with Gasteiger partial charge in [-0.1, -0.05) is 12.1 Å². The first-order valence-corrected chi connectivity index (χ1v) is 6.10. The van der Waals surface area contributed by atoms with Gasteiger partial charge in [-0.25, -0.2) is 4.79 Å². The van der Waals surface area contributed by atoms with Crippen molar-refractivity contribution in [2.24, 2.45) is 5.73 Å². The Kier molecular flexibility index (Phi) is 4.53. The number of benzene rings is 1. The molecule has 0 heterocycles. The molecule has 1 amide bonds. The lowest BCUT2D eigenvalue weighted by Gasteiger charge is -2.20. The van der Waals surface area contributed by atoms with Crippen molar-refractivity contribution in [3.8, 4) is 0 Å². The molecule has 0 aliphatic heterocycles. The number of nitrogens with one attached hydrogen (secondary N) is 2. The van der Waals surface area contributed by atoms with Crippen molar-refractivity contribution in [3.05, 3.63) is 34.9 Å². The van der Waals surface area contributed by atoms with E-state index in [4.69, 9.17) is 15.9 Å². The van der Waals surface area contributed by atoms with E-state index in [9.17, 15) is 4.79 Å². The van der Waals surface area contributed by atoms with Crippen molar-refractivity contribution in [2.45, 2.75) is 39.8 Å². The highest BCUT2D eigenvalue weighted by molar-refractivity contribution is 5.95. The van der Waals surface area contributed by atoms with Crippen molar-refractivity contribution in [1.29, 1.82) is 5.41 Å². The van der Waals surface area contributed by atoms with Crippen molar-refractivity contribution in [3.63, 3.8) is 0 Å². The Balaban J connectivity index is 2.70. The molecule has 5 heteroatoms. The first-order chi connectivity index (χ1) is 8.69. The average Bonchev–Trinajstić information content (AvgIpc) is 2.25. The summed E-state index contributed by atoms with van der Waals surface area (Å²) in [6.07, 6.45) is -0.458. The first kappa shape index (κ1) is 15.0. The van der Waals surface area contributed by atoms with E-state index < -0.39 is 11.7 Å². The molecule has 0 bridgehead atoms. The second-order valence-corrected chi connectivity index (χ2v) is 5.41. The van der Waals surface area contributed by atoms with E-state index in [0.29, 0.717) is 12.1 Å². The van der Waals surface area contributed by atoms with E-state index in [-0.39, 0.29) is 5.84 Å². The predicted molar refractivity (Wildman–Crippen MR) is 75.3 cm³/mol. The van der Waals surface area contributed by atoms with Crippen LogP contribution in [0.25, 0.3) is 0 Å². The summed E-state index contributed by atoms with van der Waals surface area (Å²) in [4.78, 5) is 11.6. The van der Waals surface area contributed by atoms with Gasteiger partial charge in [0.25, 0.3) is 0 Å². The fourth-order valence-electron chi connectivity index (χ4n) is 1.51. The Bertz CT molecular complexity index is 490. The van der Waals surface area contributed by atoms with Gasteiger partial charge in [-0.3, -0.25) is 5.41 Å². The van der Waals surface area contributed by atoms with Gasteiger partial charge in [0, 0.05) is 12.1 Å². The molecule has 1 aromatic rings. The van der Waals surface area contributed by atoms with E-state index in [0.717, 1.165) is 11.1 Å². The molecule has 0 saturated heterocycles. The Labute approximate surface area is 113 Å². The smallest absolute Gasteiger partial charge is 0.407 e. The quantitative estimate of drug-likeness (QED) is 0.577. The Morgan fingerprint density at radius 3 is 2.58 bits per heavy atom. The molecule has 4 N–H and O–H groups in total. The Hall–Kier alpha value is -2.04. The summed E-state index contributed by atoms with van der Waals surface area (Å²) in [5.41, 5.74) is 7.52. The van der Waals surface area contributed by atoms with Crippen LogP contribution in [-0.2, 0) is 11.3 Å². The molecule has 0 unspecified atom stereocenters. The minimum atomic E-state index is -0.514. The van der Waals surface area contributed by atoms with Crippen molar-refractivity contribution < 1.29 is 9.53 Å². The fraction of sp³-hybridized carbons (Fsp3) is 0.429. The molecule has 19 heavy (non-hydrogen) atoms. The second-order valence-electron chi connectivity index (χ2n) is 5.41. The number of carbonyl (C=O) groups is 1. The summed E-state index contributed by atoms with van der Waals surface area (Å²) < 4.78 is 5.16. The zero-order valence-corrected chi connectivity index (χ0v) is 11.8. The zero-order chi connectivity index (χ0) is 14.6. The lowest BCUT2D eigenvalue weighted by molar-refractivity contribution is 0.0523. The largest absolute Gasteiger partial charge is 0.444 e. The number of carbonyl (C=O) groups excluding carboxylic acids is 1. The lowest BCUT2D eigenvalue weighted by Crippen LogP contribution is -2.32. The van der Waals surface area contributed by atoms with Crippen LogP contribution in [0.4, 0.5) is 4.79 Å². The van der Waals surface area contributed by atoms with Gasteiger partial charge in [0.2, 0.25) is 0 Å². The topological polar surface area (TPSA) is 88.2 Å². The van der Waals surface area contributed by atoms with E-state index in [1.165, 1.54) is 0 Å². The molecule has 0 fully saturated rings. The molecule has 0 saturated carbocycles. The third-order valence-corrected chi connectivity index (χ3v) is 2.48. The van der Waals surface area contributed by atoms with Crippen LogP contribution in [0, 0.1) is 12.3 Å². The number of ether oxygens (including phenoxy) is 1. The second kappa shape index (κ2) is 5.73. The molecule has 0 aliphatic carbocycles. The number of amides is 1. The maximum Gasteiger partial charge on any atom is 0.407 e. The molecule has 0 spiro atoms. The van der Waals surface area contributed by atoms with Crippen LogP contribution >= 0.6 is 0 Å². The minimum absolute atomic E-state index is 0.0125. The van der Waals surface area contributed by atoms with Crippen molar-refractivity contribution >= 4 is 11.9 Å². The molecular weight excluding hydrogens is 242 g/mol. The molecule has 0 radical (unpaired) electrons. The summed E-state index contributed by atoms with van der Waals surface area (Å²) in [6, 6.07) is 5.46. The van der Waals surface area contributed by atoms with Crippen LogP contribution in [0.3, 0.4) is 0 Å². The van der Waals surface area contributed by atoms with Gasteiger partial charge in [-0.2, -0.15) is 0 Å². The molecule has 0 atom stereocenters. The van der Waals surface area contributed by atoms with Gasteiger partial charge in [0.15, 0.2) is 0 Å². The zero-order valence-electron chi connectivity index (χ0n) is 11.8. The van der Waals surface area contributed by atoms with Crippen LogP contribution in [0.2, 0.25) is 0 Å². The van der Waals surface area contributed by atoms with Gasteiger partial charge < -0.3 is 15.8 Å². The van der Waals surface area contributed by atoms with E-state index in [2.05, 4.69) is 5.32 Å². The number of nitrogen functional groups attached to an aromatic ring is 1. The summed E-state index contributed by atoms with van der Waals surface area (Å²) in [5, 5.41) is 10.1. The number of hydrogen-bond donors (Lipinski definition) is 3. The molecular formula is C14H21N3O2.